The Morgan fingerprint density at radius 2 is 1.31 bits per heavy atom. The van der Waals surface area contributed by atoms with Crippen LogP contribution in [0.4, 0.5) is 5.69 Å². The van der Waals surface area contributed by atoms with Gasteiger partial charge in [-0.3, -0.25) is 29.4 Å². The number of hydrogen-bond donors (Lipinski definition) is 3. The van der Waals surface area contributed by atoms with Gasteiger partial charge in [0.2, 0.25) is 5.91 Å². The molecule has 3 N–H and O–H groups in total. The van der Waals surface area contributed by atoms with Crippen molar-refractivity contribution < 1.29 is 24.6 Å². The van der Waals surface area contributed by atoms with E-state index in [2.05, 4.69) is 20.2 Å². The summed E-state index contributed by atoms with van der Waals surface area (Å²) in [5, 5.41) is 21.7. The summed E-state index contributed by atoms with van der Waals surface area (Å²) < 4.78 is 0. The van der Waals surface area contributed by atoms with E-state index < -0.39 is 11.9 Å². The maximum Gasteiger partial charge on any atom is 0.335 e. The summed E-state index contributed by atoms with van der Waals surface area (Å²) >= 11 is 0. The molecule has 0 radical (unpaired) electrons. The number of rotatable bonds is 12. The topological polar surface area (TPSA) is 136 Å². The molecule has 2 aromatic heterocycles. The summed E-state index contributed by atoms with van der Waals surface area (Å²) in [6.45, 7) is 0.770. The zero-order valence-electron chi connectivity index (χ0n) is 21.6. The lowest BCUT2D eigenvalue weighted by Gasteiger charge is -2.44. The second-order valence-corrected chi connectivity index (χ2v) is 9.70. The smallest absolute Gasteiger partial charge is 0.335 e. The van der Waals surface area contributed by atoms with Crippen LogP contribution in [-0.2, 0) is 22.7 Å². The minimum atomic E-state index is -1.03. The lowest BCUT2D eigenvalue weighted by Crippen LogP contribution is -2.55. The molecule has 10 heteroatoms. The number of nitrogens with zero attached hydrogens (tertiary/aromatic N) is 4. The summed E-state index contributed by atoms with van der Waals surface area (Å²) in [5.74, 6) is -2.18. The molecular formula is C29H33N5O5. The molecular weight excluding hydrogens is 498 g/mol. The van der Waals surface area contributed by atoms with Crippen molar-refractivity contribution in [2.24, 2.45) is 0 Å². The van der Waals surface area contributed by atoms with Crippen LogP contribution in [0, 0.1) is 0 Å². The fourth-order valence-electron chi connectivity index (χ4n) is 5.18. The fraction of sp³-hybridized carbons (Fsp3) is 0.345. The van der Waals surface area contributed by atoms with Gasteiger partial charge < -0.3 is 15.5 Å². The first-order valence-corrected chi connectivity index (χ1v) is 13.0. The van der Waals surface area contributed by atoms with Crippen LogP contribution in [0.15, 0.2) is 73.1 Å². The summed E-state index contributed by atoms with van der Waals surface area (Å²) in [6.07, 6.45) is 6.99. The summed E-state index contributed by atoms with van der Waals surface area (Å²) in [6, 6.07) is 17.1. The Kier molecular flexibility index (Phi) is 9.71. The number of carbonyl (C=O) groups is 3. The average Bonchev–Trinajstić information content (AvgIpc) is 2.93. The van der Waals surface area contributed by atoms with E-state index in [4.69, 9.17) is 5.11 Å². The minimum Gasteiger partial charge on any atom is -0.480 e. The molecule has 1 fully saturated rings. The predicted molar refractivity (Wildman–Crippen MR) is 145 cm³/mol. The maximum absolute atomic E-state index is 13.2. The molecule has 0 spiro atoms. The van der Waals surface area contributed by atoms with E-state index in [0.29, 0.717) is 18.8 Å². The van der Waals surface area contributed by atoms with Crippen molar-refractivity contribution in [1.82, 2.24) is 19.8 Å². The van der Waals surface area contributed by atoms with Gasteiger partial charge in [-0.2, -0.15) is 0 Å². The van der Waals surface area contributed by atoms with Crippen LogP contribution in [-0.4, -0.2) is 73.0 Å². The third-order valence-electron chi connectivity index (χ3n) is 6.92. The van der Waals surface area contributed by atoms with Crippen molar-refractivity contribution >= 4 is 23.5 Å². The van der Waals surface area contributed by atoms with Crippen LogP contribution in [0.2, 0.25) is 0 Å². The molecule has 2 heterocycles. The molecule has 2 atom stereocenters. The number of aromatic carboxylic acids is 1. The van der Waals surface area contributed by atoms with Crippen LogP contribution >= 0.6 is 0 Å². The zero-order chi connectivity index (χ0) is 27.6. The molecule has 39 heavy (non-hydrogen) atoms. The Hall–Kier alpha value is -4.15. The second kappa shape index (κ2) is 13.6. The van der Waals surface area contributed by atoms with E-state index in [1.165, 1.54) is 12.1 Å². The molecule has 0 saturated heterocycles. The molecule has 3 aromatic rings. The largest absolute Gasteiger partial charge is 0.480 e. The fourth-order valence-corrected chi connectivity index (χ4v) is 5.18. The number of carbonyl (C=O) groups excluding carboxylic acids is 1. The molecule has 4 rings (SSSR count). The number of amides is 1. The van der Waals surface area contributed by atoms with Gasteiger partial charge in [0.1, 0.15) is 0 Å². The minimum absolute atomic E-state index is 0.0723. The van der Waals surface area contributed by atoms with Crippen molar-refractivity contribution in [3.8, 4) is 0 Å². The van der Waals surface area contributed by atoms with Crippen LogP contribution < -0.4 is 5.32 Å². The number of aromatic nitrogens is 2. The highest BCUT2D eigenvalue weighted by molar-refractivity contribution is 5.93. The molecule has 1 saturated carbocycles. The maximum atomic E-state index is 13.2. The van der Waals surface area contributed by atoms with E-state index in [1.54, 1.807) is 24.5 Å². The third-order valence-corrected chi connectivity index (χ3v) is 6.92. The first-order valence-electron chi connectivity index (χ1n) is 13.0. The first kappa shape index (κ1) is 27.9. The van der Waals surface area contributed by atoms with Gasteiger partial charge in [-0.1, -0.05) is 25.0 Å². The summed E-state index contributed by atoms with van der Waals surface area (Å²) in [7, 11) is 0. The first-order chi connectivity index (χ1) is 18.9. The van der Waals surface area contributed by atoms with Crippen molar-refractivity contribution in [3.63, 3.8) is 0 Å². The van der Waals surface area contributed by atoms with E-state index >= 15 is 0 Å². The van der Waals surface area contributed by atoms with Gasteiger partial charge in [-0.05, 0) is 61.4 Å². The summed E-state index contributed by atoms with van der Waals surface area (Å²) in [4.78, 5) is 49.2. The van der Waals surface area contributed by atoms with Crippen molar-refractivity contribution in [3.05, 3.63) is 90.0 Å². The Morgan fingerprint density at radius 3 is 1.77 bits per heavy atom. The Balaban J connectivity index is 1.57. The van der Waals surface area contributed by atoms with E-state index in [1.807, 2.05) is 41.3 Å². The van der Waals surface area contributed by atoms with E-state index in [0.717, 1.165) is 37.1 Å². The van der Waals surface area contributed by atoms with Gasteiger partial charge in [-0.25, -0.2) is 4.79 Å². The van der Waals surface area contributed by atoms with E-state index in [9.17, 15) is 19.5 Å². The average molecular weight is 532 g/mol. The molecule has 1 amide bonds. The highest BCUT2D eigenvalue weighted by Gasteiger charge is 2.36. The van der Waals surface area contributed by atoms with Gasteiger partial charge in [0.15, 0.2) is 0 Å². The number of carboxylic acids is 2. The molecule has 204 valence electrons. The zero-order valence-corrected chi connectivity index (χ0v) is 21.6. The van der Waals surface area contributed by atoms with Gasteiger partial charge in [0, 0.05) is 43.3 Å². The lowest BCUT2D eigenvalue weighted by atomic mass is 9.87. The number of pyridine rings is 2. The second-order valence-electron chi connectivity index (χ2n) is 9.70. The standard InChI is InChI=1S/C29H33N5O5/c35-27(32-22-13-11-21(12-14-22)29(38)39)19-33(17-23-7-3-5-15-30-23)25-9-1-2-10-26(25)34(20-28(36)37)18-24-8-4-6-16-31-24/h3-8,11-16,25-26H,1-2,9-10,17-20H2,(H,32,35)(H,36,37)(H,38,39)/t25-,26?/m0/s1. The lowest BCUT2D eigenvalue weighted by molar-refractivity contribution is -0.140. The van der Waals surface area contributed by atoms with Gasteiger partial charge in [-0.15, -0.1) is 0 Å². The Morgan fingerprint density at radius 1 is 0.769 bits per heavy atom. The van der Waals surface area contributed by atoms with Crippen LogP contribution in [0.5, 0.6) is 0 Å². The molecule has 1 aliphatic rings. The Labute approximate surface area is 227 Å². The number of aliphatic carboxylic acids is 1. The quantitative estimate of drug-likeness (QED) is 0.321. The van der Waals surface area contributed by atoms with E-state index in [-0.39, 0.29) is 36.6 Å². The molecule has 0 bridgehead atoms. The number of hydrogen-bond acceptors (Lipinski definition) is 7. The number of carboxylic acid groups (broad SMARTS) is 2. The molecule has 1 aromatic carbocycles. The summed E-state index contributed by atoms with van der Waals surface area (Å²) in [5.41, 5.74) is 2.25. The van der Waals surface area contributed by atoms with Gasteiger partial charge in [0.25, 0.3) is 0 Å². The van der Waals surface area contributed by atoms with Crippen LogP contribution in [0.25, 0.3) is 0 Å². The molecule has 1 unspecified atom stereocenters. The monoisotopic (exact) mass is 531 g/mol. The number of benzene rings is 1. The normalized spacial score (nSPS) is 17.2. The van der Waals surface area contributed by atoms with Crippen molar-refractivity contribution in [2.45, 2.75) is 50.9 Å². The van der Waals surface area contributed by atoms with Crippen molar-refractivity contribution in [1.29, 1.82) is 0 Å². The Bertz CT molecular complexity index is 1240. The number of anilines is 1. The molecule has 0 aliphatic heterocycles. The predicted octanol–water partition coefficient (Wildman–Crippen LogP) is 3.51. The highest BCUT2D eigenvalue weighted by atomic mass is 16.4. The SMILES string of the molecule is O=C(O)CN(Cc1ccccn1)C1CCCC[C@@H]1N(CC(=O)Nc1ccc(C(=O)O)cc1)Cc1ccccn1. The van der Waals surface area contributed by atoms with Crippen LogP contribution in [0.3, 0.4) is 0 Å². The molecule has 10 nitrogen and oxygen atoms in total. The molecule has 1 aliphatic carbocycles. The number of nitrogens with one attached hydrogen (secondary N) is 1. The third kappa shape index (κ3) is 8.17. The van der Waals surface area contributed by atoms with Gasteiger partial charge >= 0.3 is 11.9 Å². The van der Waals surface area contributed by atoms with Crippen molar-refractivity contribution in [2.75, 3.05) is 18.4 Å². The van der Waals surface area contributed by atoms with Crippen LogP contribution in [0.1, 0.15) is 47.4 Å². The highest BCUT2D eigenvalue weighted by Crippen LogP contribution is 2.29. The van der Waals surface area contributed by atoms with Gasteiger partial charge in [0.05, 0.1) is 30.0 Å².